The molecule has 1 aliphatic rings. The number of hydrogen-bond acceptors (Lipinski definition) is 3. The van der Waals surface area contributed by atoms with Gasteiger partial charge in [-0.2, -0.15) is 9.78 Å². The first-order chi connectivity index (χ1) is 9.58. The van der Waals surface area contributed by atoms with Crippen LogP contribution in [0.3, 0.4) is 0 Å². The van der Waals surface area contributed by atoms with Crippen molar-refractivity contribution in [1.29, 1.82) is 0 Å². The van der Waals surface area contributed by atoms with E-state index in [9.17, 15) is 4.79 Å². The van der Waals surface area contributed by atoms with E-state index in [0.29, 0.717) is 16.5 Å². The molecule has 0 aliphatic heterocycles. The zero-order valence-corrected chi connectivity index (χ0v) is 12.4. The smallest absolute Gasteiger partial charge is 0.267 e. The van der Waals surface area contributed by atoms with E-state index < -0.39 is 0 Å². The van der Waals surface area contributed by atoms with Crippen molar-refractivity contribution in [3.05, 3.63) is 50.0 Å². The van der Waals surface area contributed by atoms with Crippen LogP contribution in [0.2, 0.25) is 5.02 Å². The van der Waals surface area contributed by atoms with Gasteiger partial charge in [-0.3, -0.25) is 4.79 Å². The van der Waals surface area contributed by atoms with Gasteiger partial charge in [-0.15, -0.1) is 0 Å². The fourth-order valence-electron chi connectivity index (χ4n) is 2.65. The van der Waals surface area contributed by atoms with E-state index in [1.54, 1.807) is 6.20 Å². The van der Waals surface area contributed by atoms with Crippen LogP contribution < -0.4 is 5.56 Å². The topological polar surface area (TPSA) is 47.8 Å². The molecule has 0 aromatic carbocycles. The number of pyridine rings is 1. The average molecular weight is 290 g/mol. The molecule has 0 fully saturated rings. The zero-order valence-electron chi connectivity index (χ0n) is 11.6. The Bertz CT molecular complexity index is 737. The van der Waals surface area contributed by atoms with Gasteiger partial charge in [0, 0.05) is 5.56 Å². The van der Waals surface area contributed by atoms with Gasteiger partial charge in [-0.25, -0.2) is 4.98 Å². The third kappa shape index (κ3) is 2.14. The van der Waals surface area contributed by atoms with E-state index in [1.165, 1.54) is 4.68 Å². The number of aromatic nitrogens is 3. The van der Waals surface area contributed by atoms with E-state index in [4.69, 9.17) is 11.6 Å². The van der Waals surface area contributed by atoms with Crippen LogP contribution in [0, 0.1) is 13.8 Å². The molecule has 2 aromatic heterocycles. The molecule has 0 atom stereocenters. The highest BCUT2D eigenvalue weighted by Crippen LogP contribution is 2.20. The molecule has 104 valence electrons. The van der Waals surface area contributed by atoms with E-state index in [2.05, 4.69) is 10.1 Å². The van der Waals surface area contributed by atoms with E-state index in [0.717, 1.165) is 42.4 Å². The second-order valence-electron chi connectivity index (χ2n) is 5.27. The quantitative estimate of drug-likeness (QED) is 0.811. The van der Waals surface area contributed by atoms with Gasteiger partial charge in [0.2, 0.25) is 0 Å². The van der Waals surface area contributed by atoms with Crippen molar-refractivity contribution in [2.24, 2.45) is 0 Å². The summed E-state index contributed by atoms with van der Waals surface area (Å²) in [5.74, 6) is 0.574. The molecule has 1 aliphatic carbocycles. The molecule has 0 saturated carbocycles. The summed E-state index contributed by atoms with van der Waals surface area (Å²) in [4.78, 5) is 17.0. The number of fused-ring (bicyclic) bond motifs is 1. The maximum Gasteiger partial charge on any atom is 0.276 e. The van der Waals surface area contributed by atoms with Crippen LogP contribution in [0.1, 0.15) is 35.2 Å². The van der Waals surface area contributed by atoms with Gasteiger partial charge in [-0.05, 0) is 56.7 Å². The van der Waals surface area contributed by atoms with Gasteiger partial charge < -0.3 is 0 Å². The first-order valence-electron chi connectivity index (χ1n) is 6.82. The maximum absolute atomic E-state index is 12.6. The molecule has 4 nitrogen and oxygen atoms in total. The molecule has 3 rings (SSSR count). The third-order valence-electron chi connectivity index (χ3n) is 3.81. The Labute approximate surface area is 122 Å². The highest BCUT2D eigenvalue weighted by atomic mass is 35.5. The van der Waals surface area contributed by atoms with Gasteiger partial charge >= 0.3 is 0 Å². The Morgan fingerprint density at radius 2 is 2.00 bits per heavy atom. The molecular formula is C15H16ClN3O. The lowest BCUT2D eigenvalue weighted by Gasteiger charge is -2.16. The van der Waals surface area contributed by atoms with Gasteiger partial charge in [0.1, 0.15) is 0 Å². The van der Waals surface area contributed by atoms with Gasteiger partial charge in [0.15, 0.2) is 5.82 Å². The van der Waals surface area contributed by atoms with Crippen LogP contribution in [0.5, 0.6) is 0 Å². The minimum Gasteiger partial charge on any atom is -0.267 e. The SMILES string of the molecule is Cc1cc(Cl)c(C)nc1-n1ncc2c(c1=O)CCCC2. The molecule has 2 heterocycles. The minimum absolute atomic E-state index is 0.0421. The second kappa shape index (κ2) is 5.02. The second-order valence-corrected chi connectivity index (χ2v) is 5.68. The van der Waals surface area contributed by atoms with Crippen molar-refractivity contribution >= 4 is 11.6 Å². The van der Waals surface area contributed by atoms with E-state index in [-0.39, 0.29) is 5.56 Å². The van der Waals surface area contributed by atoms with Gasteiger partial charge in [0.05, 0.1) is 16.9 Å². The summed E-state index contributed by atoms with van der Waals surface area (Å²) >= 11 is 6.06. The van der Waals surface area contributed by atoms with E-state index >= 15 is 0 Å². The summed E-state index contributed by atoms with van der Waals surface area (Å²) in [5, 5.41) is 4.90. The summed E-state index contributed by atoms with van der Waals surface area (Å²) in [6.45, 7) is 3.72. The largest absolute Gasteiger partial charge is 0.276 e. The normalized spacial score (nSPS) is 14.2. The molecule has 0 N–H and O–H groups in total. The first-order valence-corrected chi connectivity index (χ1v) is 7.20. The van der Waals surface area contributed by atoms with Crippen molar-refractivity contribution in [3.63, 3.8) is 0 Å². The Balaban J connectivity index is 2.21. The summed E-state index contributed by atoms with van der Waals surface area (Å²) in [6, 6.07) is 1.83. The predicted molar refractivity (Wildman–Crippen MR) is 78.8 cm³/mol. The Hall–Kier alpha value is -1.68. The van der Waals surface area contributed by atoms with Crippen LogP contribution in [-0.4, -0.2) is 14.8 Å². The number of nitrogens with zero attached hydrogens (tertiary/aromatic N) is 3. The summed E-state index contributed by atoms with van der Waals surface area (Å²) in [7, 11) is 0. The summed E-state index contributed by atoms with van der Waals surface area (Å²) < 4.78 is 1.41. The fourth-order valence-corrected chi connectivity index (χ4v) is 2.85. The Kier molecular flexibility index (Phi) is 3.34. The number of hydrogen-bond donors (Lipinski definition) is 0. The predicted octanol–water partition coefficient (Wildman–Crippen LogP) is 2.78. The van der Waals surface area contributed by atoms with Crippen LogP contribution in [0.4, 0.5) is 0 Å². The zero-order chi connectivity index (χ0) is 14.3. The third-order valence-corrected chi connectivity index (χ3v) is 4.19. The monoisotopic (exact) mass is 289 g/mol. The lowest BCUT2D eigenvalue weighted by molar-refractivity contribution is 0.644. The maximum atomic E-state index is 12.6. The lowest BCUT2D eigenvalue weighted by atomic mass is 9.94. The highest BCUT2D eigenvalue weighted by molar-refractivity contribution is 6.31. The Morgan fingerprint density at radius 1 is 1.25 bits per heavy atom. The number of aryl methyl sites for hydroxylation is 3. The van der Waals surface area contributed by atoms with Crippen molar-refractivity contribution < 1.29 is 0 Å². The molecular weight excluding hydrogens is 274 g/mol. The molecule has 0 spiro atoms. The van der Waals surface area contributed by atoms with Crippen LogP contribution in [-0.2, 0) is 12.8 Å². The van der Waals surface area contributed by atoms with Crippen LogP contribution >= 0.6 is 11.6 Å². The van der Waals surface area contributed by atoms with Crippen LogP contribution in [0.25, 0.3) is 5.82 Å². The molecule has 0 radical (unpaired) electrons. The van der Waals surface area contributed by atoms with Gasteiger partial charge in [0.25, 0.3) is 5.56 Å². The molecule has 0 unspecified atom stereocenters. The number of halogens is 1. The fraction of sp³-hybridized carbons (Fsp3) is 0.400. The first kappa shape index (κ1) is 13.3. The standard InChI is InChI=1S/C15H16ClN3O/c1-9-7-13(16)10(2)18-14(9)19-15(20)12-6-4-3-5-11(12)8-17-19/h7-8H,3-6H2,1-2H3. The highest BCUT2D eigenvalue weighted by Gasteiger charge is 2.17. The van der Waals surface area contributed by atoms with E-state index in [1.807, 2.05) is 19.9 Å². The van der Waals surface area contributed by atoms with Crippen LogP contribution in [0.15, 0.2) is 17.1 Å². The average Bonchev–Trinajstić information content (AvgIpc) is 2.44. The number of rotatable bonds is 1. The van der Waals surface area contributed by atoms with Crippen molar-refractivity contribution in [1.82, 2.24) is 14.8 Å². The molecule has 20 heavy (non-hydrogen) atoms. The molecule has 0 bridgehead atoms. The van der Waals surface area contributed by atoms with Gasteiger partial charge in [-0.1, -0.05) is 11.6 Å². The summed E-state index contributed by atoms with van der Waals surface area (Å²) in [6.07, 6.45) is 5.79. The molecule has 0 amide bonds. The lowest BCUT2D eigenvalue weighted by Crippen LogP contribution is -2.29. The van der Waals surface area contributed by atoms with Crippen molar-refractivity contribution in [2.75, 3.05) is 0 Å². The molecule has 2 aromatic rings. The van der Waals surface area contributed by atoms with Crippen molar-refractivity contribution in [3.8, 4) is 5.82 Å². The summed E-state index contributed by atoms with van der Waals surface area (Å²) in [5.41, 5.74) is 3.49. The molecule has 0 saturated heterocycles. The Morgan fingerprint density at radius 3 is 2.80 bits per heavy atom. The molecule has 5 heteroatoms. The minimum atomic E-state index is -0.0421. The van der Waals surface area contributed by atoms with Crippen molar-refractivity contribution in [2.45, 2.75) is 39.5 Å².